The van der Waals surface area contributed by atoms with E-state index in [0.717, 1.165) is 11.7 Å². The van der Waals surface area contributed by atoms with Gasteiger partial charge in [-0.05, 0) is 42.7 Å². The molecule has 0 amide bonds. The van der Waals surface area contributed by atoms with Crippen LogP contribution in [0.5, 0.6) is 5.75 Å². The van der Waals surface area contributed by atoms with Crippen LogP contribution in [0.4, 0.5) is 0 Å². The maximum atomic E-state index is 5.33. The Labute approximate surface area is 135 Å². The summed E-state index contributed by atoms with van der Waals surface area (Å²) in [5.41, 5.74) is 1.51. The molecule has 1 aromatic carbocycles. The first-order valence-corrected chi connectivity index (χ1v) is 9.21. The van der Waals surface area contributed by atoms with E-state index in [2.05, 4.69) is 49.9 Å². The summed E-state index contributed by atoms with van der Waals surface area (Å²) >= 11 is 1.72. The lowest BCUT2D eigenvalue weighted by Gasteiger charge is -2.38. The highest BCUT2D eigenvalue weighted by atomic mass is 32.2. The average molecular weight is 310 g/mol. The Bertz CT molecular complexity index is 392. The van der Waals surface area contributed by atoms with Gasteiger partial charge in [0.05, 0.1) is 12.6 Å². The Morgan fingerprint density at radius 1 is 1.14 bits per heavy atom. The minimum absolute atomic E-state index is 0.145. The molecule has 0 aromatic heterocycles. The van der Waals surface area contributed by atoms with Gasteiger partial charge < -0.3 is 4.74 Å². The highest BCUT2D eigenvalue weighted by molar-refractivity contribution is 7.96. The number of nitrogens with one attached hydrogen (secondary N) is 1. The van der Waals surface area contributed by atoms with Gasteiger partial charge in [0.15, 0.2) is 0 Å². The molecule has 1 aliphatic carbocycles. The van der Waals surface area contributed by atoms with Crippen molar-refractivity contribution in [2.45, 2.75) is 58.4 Å². The summed E-state index contributed by atoms with van der Waals surface area (Å²) in [7, 11) is 1.73. The van der Waals surface area contributed by atoms with Crippen LogP contribution >= 0.6 is 11.9 Å². The monoisotopic (exact) mass is 309 g/mol. The molecule has 0 saturated heterocycles. The summed E-state index contributed by atoms with van der Waals surface area (Å²) in [6, 6.07) is 8.50. The molecule has 0 radical (unpaired) electrons. The van der Waals surface area contributed by atoms with Crippen molar-refractivity contribution < 1.29 is 4.74 Å². The zero-order chi connectivity index (χ0) is 15.7. The van der Waals surface area contributed by atoms with Gasteiger partial charge in [0, 0.05) is 0 Å². The lowest BCUT2D eigenvalue weighted by molar-refractivity contribution is 0.280. The molecule has 0 atom stereocenters. The van der Waals surface area contributed by atoms with Crippen LogP contribution in [0.2, 0.25) is 0 Å². The number of ether oxygens (including phenoxy) is 1. The number of rotatable bonds is 4. The maximum absolute atomic E-state index is 5.33. The second-order valence-corrected chi connectivity index (χ2v) is 7.03. The second-order valence-electron chi connectivity index (χ2n) is 6.41. The molecule has 1 aliphatic rings. The Kier molecular flexibility index (Phi) is 8.20. The van der Waals surface area contributed by atoms with Crippen molar-refractivity contribution in [3.05, 3.63) is 29.8 Å². The summed E-state index contributed by atoms with van der Waals surface area (Å²) in [6.07, 6.45) is 8.54. The molecule has 1 fully saturated rings. The summed E-state index contributed by atoms with van der Waals surface area (Å²) in [5.74, 6) is 1.79. The van der Waals surface area contributed by atoms with Gasteiger partial charge in [-0.25, -0.2) is 0 Å². The van der Waals surface area contributed by atoms with Crippen LogP contribution in [0.25, 0.3) is 0 Å². The molecule has 1 saturated carbocycles. The number of benzene rings is 1. The molecule has 0 heterocycles. The molecule has 0 spiro atoms. The number of methoxy groups -OCH3 is 1. The van der Waals surface area contributed by atoms with E-state index in [1.165, 1.54) is 37.7 Å². The third-order valence-corrected chi connectivity index (χ3v) is 4.22. The van der Waals surface area contributed by atoms with Crippen molar-refractivity contribution >= 4 is 11.9 Å². The van der Waals surface area contributed by atoms with Crippen molar-refractivity contribution in [3.63, 3.8) is 0 Å². The lowest BCUT2D eigenvalue weighted by Crippen LogP contribution is -2.40. The zero-order valence-corrected chi connectivity index (χ0v) is 15.1. The molecular weight excluding hydrogens is 278 g/mol. The molecule has 0 bridgehead atoms. The van der Waals surface area contributed by atoms with Crippen molar-refractivity contribution in [1.82, 2.24) is 4.72 Å². The molecule has 0 unspecified atom stereocenters. The summed E-state index contributed by atoms with van der Waals surface area (Å²) in [4.78, 5) is 0. The Morgan fingerprint density at radius 3 is 2.29 bits per heavy atom. The first-order valence-electron chi connectivity index (χ1n) is 7.99. The Morgan fingerprint density at radius 2 is 1.76 bits per heavy atom. The van der Waals surface area contributed by atoms with Gasteiger partial charge in [0.2, 0.25) is 0 Å². The highest BCUT2D eigenvalue weighted by Gasteiger charge is 2.33. The fraction of sp³-hybridized carbons (Fsp3) is 0.667. The van der Waals surface area contributed by atoms with Crippen LogP contribution in [0, 0.1) is 5.92 Å². The fourth-order valence-electron chi connectivity index (χ4n) is 2.72. The maximum Gasteiger partial charge on any atom is 0.119 e. The summed E-state index contributed by atoms with van der Waals surface area (Å²) < 4.78 is 8.96. The van der Waals surface area contributed by atoms with Gasteiger partial charge >= 0.3 is 0 Å². The molecule has 1 N–H and O–H groups in total. The molecule has 21 heavy (non-hydrogen) atoms. The van der Waals surface area contributed by atoms with Crippen molar-refractivity contribution in [3.8, 4) is 5.75 Å². The first-order chi connectivity index (χ1) is 10.0. The average Bonchev–Trinajstić information content (AvgIpc) is 2.48. The molecule has 0 aliphatic heterocycles. The van der Waals surface area contributed by atoms with Gasteiger partial charge in [-0.2, -0.15) is 0 Å². The van der Waals surface area contributed by atoms with E-state index in [0.29, 0.717) is 0 Å². The van der Waals surface area contributed by atoms with Crippen molar-refractivity contribution in [1.29, 1.82) is 0 Å². The van der Waals surface area contributed by atoms with Gasteiger partial charge in [0.1, 0.15) is 5.75 Å². The van der Waals surface area contributed by atoms with E-state index >= 15 is 0 Å². The Hall–Kier alpha value is -0.670. The van der Waals surface area contributed by atoms with Crippen LogP contribution in [-0.2, 0) is 5.54 Å². The summed E-state index contributed by atoms with van der Waals surface area (Å²) in [6.45, 7) is 6.50. The summed E-state index contributed by atoms with van der Waals surface area (Å²) in [5, 5.41) is 0. The van der Waals surface area contributed by atoms with E-state index in [4.69, 9.17) is 4.74 Å². The van der Waals surface area contributed by atoms with E-state index in [9.17, 15) is 0 Å². The van der Waals surface area contributed by atoms with Gasteiger partial charge in [-0.3, -0.25) is 4.72 Å². The molecule has 3 heteroatoms. The standard InChI is InChI=1S/C14H21NOS.C4H10/c1-16-13-8-6-7-12(11-13)14(15-17-2)9-4-3-5-10-14;1-4(2)3/h6-8,11,15H,3-5,9-10H2,1-2H3;4H,1-3H3. The SMILES string of the molecule is CC(C)C.COc1cccc(C2(NSC)CCCCC2)c1. The van der Waals surface area contributed by atoms with E-state index < -0.39 is 0 Å². The van der Waals surface area contributed by atoms with E-state index in [-0.39, 0.29) is 5.54 Å². The lowest BCUT2D eigenvalue weighted by atomic mass is 9.77. The normalized spacial score (nSPS) is 17.0. The largest absolute Gasteiger partial charge is 0.497 e. The van der Waals surface area contributed by atoms with Crippen LogP contribution < -0.4 is 9.46 Å². The molecule has 120 valence electrons. The van der Waals surface area contributed by atoms with Gasteiger partial charge in [0.25, 0.3) is 0 Å². The Balaban J connectivity index is 0.000000491. The van der Waals surface area contributed by atoms with Gasteiger partial charge in [-0.1, -0.05) is 64.1 Å². The molecule has 1 aromatic rings. The predicted octanol–water partition coefficient (Wildman–Crippen LogP) is 5.38. The molecular formula is C18H31NOS. The first kappa shape index (κ1) is 18.4. The molecule has 2 nitrogen and oxygen atoms in total. The smallest absolute Gasteiger partial charge is 0.119 e. The minimum Gasteiger partial charge on any atom is -0.497 e. The fourth-order valence-corrected chi connectivity index (χ4v) is 3.43. The van der Waals surface area contributed by atoms with Crippen LogP contribution in [0.15, 0.2) is 24.3 Å². The highest BCUT2D eigenvalue weighted by Crippen LogP contribution is 2.39. The predicted molar refractivity (Wildman–Crippen MR) is 94.9 cm³/mol. The number of hydrogen-bond acceptors (Lipinski definition) is 3. The van der Waals surface area contributed by atoms with Crippen molar-refractivity contribution in [2.24, 2.45) is 5.92 Å². The third kappa shape index (κ3) is 5.91. The zero-order valence-electron chi connectivity index (χ0n) is 14.2. The van der Waals surface area contributed by atoms with E-state index in [1.807, 2.05) is 6.07 Å². The quantitative estimate of drug-likeness (QED) is 0.754. The van der Waals surface area contributed by atoms with Crippen LogP contribution in [-0.4, -0.2) is 13.4 Å². The third-order valence-electron chi connectivity index (χ3n) is 3.63. The second kappa shape index (κ2) is 9.37. The van der Waals surface area contributed by atoms with Crippen molar-refractivity contribution in [2.75, 3.05) is 13.4 Å². The van der Waals surface area contributed by atoms with E-state index in [1.54, 1.807) is 19.1 Å². The van der Waals surface area contributed by atoms with Crippen LogP contribution in [0.3, 0.4) is 0 Å². The van der Waals surface area contributed by atoms with Crippen LogP contribution in [0.1, 0.15) is 58.4 Å². The molecule has 2 rings (SSSR count). The minimum atomic E-state index is 0.145. The van der Waals surface area contributed by atoms with Gasteiger partial charge in [-0.15, -0.1) is 0 Å². The number of hydrogen-bond donors (Lipinski definition) is 1. The topological polar surface area (TPSA) is 21.3 Å².